The van der Waals surface area contributed by atoms with Crippen LogP contribution in [0.5, 0.6) is 0 Å². The summed E-state index contributed by atoms with van der Waals surface area (Å²) in [5, 5.41) is 0.500. The maximum atomic E-state index is 11.2. The number of esters is 1. The molecule has 1 aromatic rings. The molecule has 1 aromatic heterocycles. The highest BCUT2D eigenvalue weighted by molar-refractivity contribution is 9.10. The van der Waals surface area contributed by atoms with Crippen molar-refractivity contribution in [2.24, 2.45) is 0 Å². The summed E-state index contributed by atoms with van der Waals surface area (Å²) in [7, 11) is 1.35. The highest BCUT2D eigenvalue weighted by Crippen LogP contribution is 2.25. The quantitative estimate of drug-likeness (QED) is 0.802. The van der Waals surface area contributed by atoms with Crippen LogP contribution in [0.15, 0.2) is 16.7 Å². The van der Waals surface area contributed by atoms with Gasteiger partial charge in [0.1, 0.15) is 12.4 Å². The maximum Gasteiger partial charge on any atom is 0.325 e. The monoisotopic (exact) mass is 306 g/mol. The first-order chi connectivity index (χ1) is 7.58. The van der Waals surface area contributed by atoms with Gasteiger partial charge in [-0.05, 0) is 28.9 Å². The van der Waals surface area contributed by atoms with Crippen LogP contribution in [-0.2, 0) is 9.53 Å². The number of likely N-dealkylation sites (N-methyl/N-ethyl adjacent to an activating group) is 1. The van der Waals surface area contributed by atoms with E-state index < -0.39 is 0 Å². The van der Waals surface area contributed by atoms with Crippen molar-refractivity contribution < 1.29 is 9.53 Å². The first kappa shape index (κ1) is 13.3. The fourth-order valence-electron chi connectivity index (χ4n) is 1.20. The number of pyridine rings is 1. The van der Waals surface area contributed by atoms with Gasteiger partial charge >= 0.3 is 5.97 Å². The van der Waals surface area contributed by atoms with Gasteiger partial charge in [-0.1, -0.05) is 11.6 Å². The van der Waals surface area contributed by atoms with Gasteiger partial charge in [0.15, 0.2) is 0 Å². The Balaban J connectivity index is 2.90. The normalized spacial score (nSPS) is 10.0. The van der Waals surface area contributed by atoms with E-state index in [1.165, 1.54) is 7.11 Å². The second-order valence-electron chi connectivity index (χ2n) is 3.05. The molecule has 0 aliphatic rings. The zero-order chi connectivity index (χ0) is 12.1. The Morgan fingerprint density at radius 1 is 1.69 bits per heavy atom. The number of carbonyl (C=O) groups is 1. The molecule has 0 fully saturated rings. The molecule has 0 aliphatic carbocycles. The summed E-state index contributed by atoms with van der Waals surface area (Å²) in [6, 6.07) is 1.74. The van der Waals surface area contributed by atoms with Crippen LogP contribution in [0.4, 0.5) is 5.82 Å². The summed E-state index contributed by atoms with van der Waals surface area (Å²) < 4.78 is 5.41. The molecule has 0 bridgehead atoms. The van der Waals surface area contributed by atoms with Crippen molar-refractivity contribution in [2.75, 3.05) is 25.1 Å². The maximum absolute atomic E-state index is 11.2. The Kier molecular flexibility index (Phi) is 5.02. The molecule has 0 saturated heterocycles. The van der Waals surface area contributed by atoms with Gasteiger partial charge in [0.05, 0.1) is 12.1 Å². The van der Waals surface area contributed by atoms with Gasteiger partial charge in [-0.3, -0.25) is 4.79 Å². The van der Waals surface area contributed by atoms with Crippen LogP contribution < -0.4 is 4.90 Å². The second kappa shape index (κ2) is 6.06. The Morgan fingerprint density at radius 3 is 2.88 bits per heavy atom. The number of methoxy groups -OCH3 is 1. The number of hydrogen-bond acceptors (Lipinski definition) is 4. The third-order valence-corrected chi connectivity index (χ3v) is 2.73. The first-order valence-electron chi connectivity index (χ1n) is 4.71. The number of carbonyl (C=O) groups excluding carboxylic acids is 1. The minimum atomic E-state index is -0.317. The van der Waals surface area contributed by atoms with Gasteiger partial charge in [0.25, 0.3) is 0 Å². The molecule has 0 radical (unpaired) electrons. The summed E-state index contributed by atoms with van der Waals surface area (Å²) in [6.45, 7) is 2.69. The SMILES string of the molecule is CCN(CC(=O)OC)c1ncc(Br)cc1Cl. The van der Waals surface area contributed by atoms with Gasteiger partial charge in [0, 0.05) is 17.2 Å². The van der Waals surface area contributed by atoms with Crippen molar-refractivity contribution in [3.63, 3.8) is 0 Å². The predicted molar refractivity (Wildman–Crippen MR) is 66.9 cm³/mol. The van der Waals surface area contributed by atoms with Crippen LogP contribution >= 0.6 is 27.5 Å². The molecular formula is C10H12BrClN2O2. The molecule has 0 aliphatic heterocycles. The van der Waals surface area contributed by atoms with E-state index in [4.69, 9.17) is 11.6 Å². The van der Waals surface area contributed by atoms with E-state index in [1.54, 1.807) is 17.2 Å². The topological polar surface area (TPSA) is 42.4 Å². The Labute approximate surface area is 108 Å². The molecule has 0 amide bonds. The minimum absolute atomic E-state index is 0.140. The van der Waals surface area contributed by atoms with Crippen LogP contribution in [0.25, 0.3) is 0 Å². The molecule has 0 N–H and O–H groups in total. The third kappa shape index (κ3) is 3.35. The molecule has 0 aromatic carbocycles. The van der Waals surface area contributed by atoms with Gasteiger partial charge in [-0.15, -0.1) is 0 Å². The van der Waals surface area contributed by atoms with Gasteiger partial charge < -0.3 is 9.64 Å². The number of rotatable bonds is 4. The van der Waals surface area contributed by atoms with Crippen molar-refractivity contribution in [3.05, 3.63) is 21.8 Å². The predicted octanol–water partition coefficient (Wildman–Crippen LogP) is 2.50. The zero-order valence-electron chi connectivity index (χ0n) is 9.04. The number of halogens is 2. The molecule has 1 heterocycles. The van der Waals surface area contributed by atoms with E-state index in [0.29, 0.717) is 17.4 Å². The molecule has 0 atom stereocenters. The fourth-order valence-corrected chi connectivity index (χ4v) is 1.95. The summed E-state index contributed by atoms with van der Waals surface area (Å²) in [5.74, 6) is 0.264. The van der Waals surface area contributed by atoms with Crippen LogP contribution in [-0.4, -0.2) is 31.2 Å². The zero-order valence-corrected chi connectivity index (χ0v) is 11.4. The number of anilines is 1. The summed E-state index contributed by atoms with van der Waals surface area (Å²) in [5.41, 5.74) is 0. The lowest BCUT2D eigenvalue weighted by atomic mass is 10.4. The van der Waals surface area contributed by atoms with E-state index >= 15 is 0 Å². The molecule has 0 spiro atoms. The standard InChI is InChI=1S/C10H12BrClN2O2/c1-3-14(6-9(15)16-2)10-8(12)4-7(11)5-13-10/h4-5H,3,6H2,1-2H3. The van der Waals surface area contributed by atoms with Gasteiger partial charge in [-0.2, -0.15) is 0 Å². The molecule has 1 rings (SSSR count). The van der Waals surface area contributed by atoms with Crippen molar-refractivity contribution in [3.8, 4) is 0 Å². The molecule has 88 valence electrons. The molecule has 4 nitrogen and oxygen atoms in total. The number of aromatic nitrogens is 1. The second-order valence-corrected chi connectivity index (χ2v) is 4.37. The van der Waals surface area contributed by atoms with E-state index in [1.807, 2.05) is 6.92 Å². The molecule has 6 heteroatoms. The number of nitrogens with zero attached hydrogens (tertiary/aromatic N) is 2. The lowest BCUT2D eigenvalue weighted by molar-refractivity contribution is -0.138. The summed E-state index contributed by atoms with van der Waals surface area (Å²) >= 11 is 9.32. The summed E-state index contributed by atoms with van der Waals surface area (Å²) in [6.07, 6.45) is 1.64. The highest BCUT2D eigenvalue weighted by atomic mass is 79.9. The van der Waals surface area contributed by atoms with Crippen LogP contribution in [0.3, 0.4) is 0 Å². The van der Waals surface area contributed by atoms with Crippen molar-refractivity contribution in [1.82, 2.24) is 4.98 Å². The van der Waals surface area contributed by atoms with Crippen LogP contribution in [0, 0.1) is 0 Å². The van der Waals surface area contributed by atoms with Crippen LogP contribution in [0.2, 0.25) is 5.02 Å². The van der Waals surface area contributed by atoms with E-state index in [9.17, 15) is 4.79 Å². The highest BCUT2D eigenvalue weighted by Gasteiger charge is 2.14. The largest absolute Gasteiger partial charge is 0.468 e. The minimum Gasteiger partial charge on any atom is -0.468 e. The average molecular weight is 308 g/mol. The fraction of sp³-hybridized carbons (Fsp3) is 0.400. The van der Waals surface area contributed by atoms with Crippen molar-refractivity contribution in [1.29, 1.82) is 0 Å². The lowest BCUT2D eigenvalue weighted by Crippen LogP contribution is -2.31. The van der Waals surface area contributed by atoms with E-state index in [-0.39, 0.29) is 12.5 Å². The summed E-state index contributed by atoms with van der Waals surface area (Å²) in [4.78, 5) is 17.1. The van der Waals surface area contributed by atoms with E-state index in [0.717, 1.165) is 4.47 Å². The molecule has 16 heavy (non-hydrogen) atoms. The Bertz CT molecular complexity index is 387. The molecule has 0 unspecified atom stereocenters. The molecular weight excluding hydrogens is 295 g/mol. The number of hydrogen-bond donors (Lipinski definition) is 0. The average Bonchev–Trinajstić information content (AvgIpc) is 2.26. The smallest absolute Gasteiger partial charge is 0.325 e. The van der Waals surface area contributed by atoms with E-state index in [2.05, 4.69) is 25.7 Å². The van der Waals surface area contributed by atoms with Gasteiger partial charge in [0.2, 0.25) is 0 Å². The first-order valence-corrected chi connectivity index (χ1v) is 5.88. The lowest BCUT2D eigenvalue weighted by Gasteiger charge is -2.21. The molecule has 0 saturated carbocycles. The van der Waals surface area contributed by atoms with Crippen LogP contribution in [0.1, 0.15) is 6.92 Å². The van der Waals surface area contributed by atoms with Gasteiger partial charge in [-0.25, -0.2) is 4.98 Å². The van der Waals surface area contributed by atoms with Crippen molar-refractivity contribution in [2.45, 2.75) is 6.92 Å². The number of ether oxygens (including phenoxy) is 1. The van der Waals surface area contributed by atoms with Crippen molar-refractivity contribution >= 4 is 39.3 Å². The third-order valence-electron chi connectivity index (χ3n) is 2.02. The Hall–Kier alpha value is -0.810. The Morgan fingerprint density at radius 2 is 2.38 bits per heavy atom.